The van der Waals surface area contributed by atoms with Crippen LogP contribution < -0.4 is 10.1 Å². The van der Waals surface area contributed by atoms with E-state index >= 15 is 0 Å². The maximum absolute atomic E-state index is 12.5. The van der Waals surface area contributed by atoms with Crippen molar-refractivity contribution in [3.05, 3.63) is 48.4 Å². The summed E-state index contributed by atoms with van der Waals surface area (Å²) in [6, 6.07) is 11.1. The minimum Gasteiger partial charge on any atom is -0.490 e. The van der Waals surface area contributed by atoms with Crippen LogP contribution in [0.4, 0.5) is 5.69 Å². The molecule has 2 aromatic rings. The van der Waals surface area contributed by atoms with Crippen LogP contribution in [-0.2, 0) is 16.1 Å². The number of ether oxygens (including phenoxy) is 1. The van der Waals surface area contributed by atoms with E-state index in [4.69, 9.17) is 9.15 Å². The topological polar surface area (TPSA) is 71.8 Å². The molecule has 0 radical (unpaired) electrons. The van der Waals surface area contributed by atoms with Gasteiger partial charge in [0.15, 0.2) is 0 Å². The summed E-state index contributed by atoms with van der Waals surface area (Å²) in [5.41, 5.74) is 0.718. The normalized spacial score (nSPS) is 20.2. The summed E-state index contributed by atoms with van der Waals surface area (Å²) in [6.45, 7) is 0.817. The third kappa shape index (κ3) is 4.32. The molecular formula is C21H24N2O4. The first-order valence-electron chi connectivity index (χ1n) is 9.55. The van der Waals surface area contributed by atoms with Crippen LogP contribution in [0.25, 0.3) is 0 Å². The maximum Gasteiger partial charge on any atom is 0.229 e. The Hall–Kier alpha value is -2.76. The number of benzene rings is 1. The second-order valence-electron chi connectivity index (χ2n) is 7.29. The fourth-order valence-corrected chi connectivity index (χ4v) is 3.75. The smallest absolute Gasteiger partial charge is 0.229 e. The van der Waals surface area contributed by atoms with E-state index < -0.39 is 0 Å². The van der Waals surface area contributed by atoms with Crippen LogP contribution in [-0.4, -0.2) is 29.4 Å². The Labute approximate surface area is 158 Å². The minimum atomic E-state index is -0.345. The van der Waals surface area contributed by atoms with Crippen molar-refractivity contribution < 1.29 is 18.7 Å². The quantitative estimate of drug-likeness (QED) is 0.846. The van der Waals surface area contributed by atoms with Gasteiger partial charge in [0, 0.05) is 18.7 Å². The maximum atomic E-state index is 12.5. The summed E-state index contributed by atoms with van der Waals surface area (Å²) in [5, 5.41) is 2.91. The van der Waals surface area contributed by atoms with E-state index in [2.05, 4.69) is 5.32 Å². The molecule has 6 nitrogen and oxygen atoms in total. The van der Waals surface area contributed by atoms with E-state index in [1.54, 1.807) is 17.2 Å². The predicted octanol–water partition coefficient (Wildman–Crippen LogP) is 3.59. The number of rotatable bonds is 6. The van der Waals surface area contributed by atoms with Crippen molar-refractivity contribution >= 4 is 17.5 Å². The molecule has 2 aliphatic rings. The Morgan fingerprint density at radius 2 is 1.96 bits per heavy atom. The van der Waals surface area contributed by atoms with Crippen molar-refractivity contribution in [3.8, 4) is 5.75 Å². The Morgan fingerprint density at radius 3 is 2.67 bits per heavy atom. The molecule has 1 unspecified atom stereocenters. The SMILES string of the molecule is O=C(Nc1ccc(OC2CCCC2)cc1)C1CC(=O)N(Cc2ccco2)C1. The number of amides is 2. The number of furan rings is 1. The van der Waals surface area contributed by atoms with Crippen LogP contribution in [0.1, 0.15) is 37.9 Å². The molecule has 1 aromatic carbocycles. The van der Waals surface area contributed by atoms with Gasteiger partial charge >= 0.3 is 0 Å². The largest absolute Gasteiger partial charge is 0.490 e. The van der Waals surface area contributed by atoms with Gasteiger partial charge in [-0.15, -0.1) is 0 Å². The lowest BCUT2D eigenvalue weighted by Crippen LogP contribution is -2.27. The van der Waals surface area contributed by atoms with Gasteiger partial charge in [0.05, 0.1) is 24.8 Å². The molecule has 1 aliphatic heterocycles. The van der Waals surface area contributed by atoms with E-state index in [9.17, 15) is 9.59 Å². The molecule has 1 N–H and O–H groups in total. The average molecular weight is 368 g/mol. The molecule has 2 heterocycles. The number of hydrogen-bond acceptors (Lipinski definition) is 4. The summed E-state index contributed by atoms with van der Waals surface area (Å²) < 4.78 is 11.2. The lowest BCUT2D eigenvalue weighted by Gasteiger charge is -2.15. The highest BCUT2D eigenvalue weighted by Gasteiger charge is 2.34. The van der Waals surface area contributed by atoms with Crippen molar-refractivity contribution in [1.29, 1.82) is 0 Å². The van der Waals surface area contributed by atoms with Gasteiger partial charge in [-0.2, -0.15) is 0 Å². The van der Waals surface area contributed by atoms with Crippen molar-refractivity contribution in [2.24, 2.45) is 5.92 Å². The zero-order chi connectivity index (χ0) is 18.6. The molecule has 1 saturated heterocycles. The van der Waals surface area contributed by atoms with Gasteiger partial charge in [0.1, 0.15) is 11.5 Å². The fourth-order valence-electron chi connectivity index (χ4n) is 3.75. The summed E-state index contributed by atoms with van der Waals surface area (Å²) in [4.78, 5) is 26.4. The molecule has 0 bridgehead atoms. The van der Waals surface area contributed by atoms with Gasteiger partial charge in [-0.1, -0.05) is 0 Å². The molecule has 142 valence electrons. The molecule has 4 rings (SSSR count). The Morgan fingerprint density at radius 1 is 1.19 bits per heavy atom. The van der Waals surface area contributed by atoms with Crippen molar-refractivity contribution in [2.45, 2.75) is 44.8 Å². The van der Waals surface area contributed by atoms with Gasteiger partial charge in [0.25, 0.3) is 0 Å². The van der Waals surface area contributed by atoms with Gasteiger partial charge in [0.2, 0.25) is 11.8 Å². The molecule has 27 heavy (non-hydrogen) atoms. The zero-order valence-electron chi connectivity index (χ0n) is 15.2. The van der Waals surface area contributed by atoms with Crippen molar-refractivity contribution in [2.75, 3.05) is 11.9 Å². The van der Waals surface area contributed by atoms with Crippen LogP contribution in [0.2, 0.25) is 0 Å². The minimum absolute atomic E-state index is 0.0214. The monoisotopic (exact) mass is 368 g/mol. The highest BCUT2D eigenvalue weighted by Crippen LogP contribution is 2.26. The number of anilines is 1. The summed E-state index contributed by atoms with van der Waals surface area (Å²) in [5.74, 6) is 1.06. The Bertz CT molecular complexity index is 779. The number of nitrogens with zero attached hydrogens (tertiary/aromatic N) is 1. The molecule has 0 spiro atoms. The van der Waals surface area contributed by atoms with Crippen LogP contribution in [0.5, 0.6) is 5.75 Å². The summed E-state index contributed by atoms with van der Waals surface area (Å²) in [7, 11) is 0. The third-order valence-corrected chi connectivity index (χ3v) is 5.24. The Balaban J connectivity index is 1.30. The van der Waals surface area contributed by atoms with Crippen LogP contribution in [0.15, 0.2) is 47.1 Å². The standard InChI is InChI=1S/C21H24N2O4/c24-20-12-15(13-23(20)14-19-6-3-11-26-19)21(25)22-16-7-9-18(10-8-16)27-17-4-1-2-5-17/h3,6-11,15,17H,1-2,4-5,12-14H2,(H,22,25). The molecule has 1 aromatic heterocycles. The molecular weight excluding hydrogens is 344 g/mol. The summed E-state index contributed by atoms with van der Waals surface area (Å²) >= 11 is 0. The first kappa shape index (κ1) is 17.6. The average Bonchev–Trinajstić information content (AvgIpc) is 3.41. The number of carbonyl (C=O) groups is 2. The predicted molar refractivity (Wildman–Crippen MR) is 100 cm³/mol. The number of hydrogen-bond donors (Lipinski definition) is 1. The zero-order valence-corrected chi connectivity index (χ0v) is 15.2. The van der Waals surface area contributed by atoms with Crippen LogP contribution >= 0.6 is 0 Å². The van der Waals surface area contributed by atoms with E-state index in [-0.39, 0.29) is 24.2 Å². The lowest BCUT2D eigenvalue weighted by molar-refractivity contribution is -0.128. The second-order valence-corrected chi connectivity index (χ2v) is 7.29. The molecule has 2 amide bonds. The van der Waals surface area contributed by atoms with E-state index in [0.717, 1.165) is 30.0 Å². The van der Waals surface area contributed by atoms with Gasteiger partial charge in [-0.25, -0.2) is 0 Å². The molecule has 1 atom stereocenters. The number of nitrogens with one attached hydrogen (secondary N) is 1. The Kier molecular flexibility index (Phi) is 5.14. The molecule has 1 saturated carbocycles. The first-order valence-corrected chi connectivity index (χ1v) is 9.55. The van der Waals surface area contributed by atoms with Gasteiger partial charge in [-0.05, 0) is 62.1 Å². The molecule has 1 aliphatic carbocycles. The summed E-state index contributed by atoms with van der Waals surface area (Å²) in [6.07, 6.45) is 6.82. The van der Waals surface area contributed by atoms with Crippen molar-refractivity contribution in [3.63, 3.8) is 0 Å². The fraction of sp³-hybridized carbons (Fsp3) is 0.429. The van der Waals surface area contributed by atoms with Gasteiger partial charge < -0.3 is 19.4 Å². The van der Waals surface area contributed by atoms with Crippen LogP contribution in [0.3, 0.4) is 0 Å². The van der Waals surface area contributed by atoms with Crippen molar-refractivity contribution in [1.82, 2.24) is 4.90 Å². The highest BCUT2D eigenvalue weighted by atomic mass is 16.5. The van der Waals surface area contributed by atoms with Gasteiger partial charge in [-0.3, -0.25) is 9.59 Å². The molecule has 6 heteroatoms. The van der Waals surface area contributed by atoms with E-state index in [0.29, 0.717) is 19.2 Å². The lowest BCUT2D eigenvalue weighted by atomic mass is 10.1. The highest BCUT2D eigenvalue weighted by molar-refractivity contribution is 5.97. The van der Waals surface area contributed by atoms with E-state index in [1.807, 2.05) is 30.3 Å². The van der Waals surface area contributed by atoms with Crippen LogP contribution in [0, 0.1) is 5.92 Å². The number of carbonyl (C=O) groups excluding carboxylic acids is 2. The third-order valence-electron chi connectivity index (χ3n) is 5.24. The molecule has 2 fully saturated rings. The number of likely N-dealkylation sites (tertiary alicyclic amines) is 1. The van der Waals surface area contributed by atoms with E-state index in [1.165, 1.54) is 12.8 Å². The first-order chi connectivity index (χ1) is 13.2. The second kappa shape index (κ2) is 7.86.